The molecule has 0 bridgehead atoms. The fraction of sp³-hybridized carbons (Fsp3) is 0.600. The maximum atomic E-state index is 13.0. The first kappa shape index (κ1) is 23.3. The van der Waals surface area contributed by atoms with Crippen molar-refractivity contribution >= 4 is 45.1 Å². The summed E-state index contributed by atoms with van der Waals surface area (Å²) in [7, 11) is -3.78. The molecule has 1 amide bonds. The van der Waals surface area contributed by atoms with Crippen LogP contribution in [0, 0.1) is 11.8 Å². The third kappa shape index (κ3) is 5.10. The number of sulfonamides is 1. The third-order valence-corrected chi connectivity index (χ3v) is 8.28. The summed E-state index contributed by atoms with van der Waals surface area (Å²) in [6.45, 7) is 3.54. The molecule has 166 valence electrons. The van der Waals surface area contributed by atoms with E-state index >= 15 is 0 Å². The van der Waals surface area contributed by atoms with Gasteiger partial charge >= 0.3 is 5.97 Å². The number of amides is 1. The Bertz CT molecular complexity index is 900. The summed E-state index contributed by atoms with van der Waals surface area (Å²) in [5.74, 6) is -0.809. The standard InChI is InChI=1S/C20H26Cl2N2O5S/c1-2-29-20(26)15-4-3-9-23(13-15)19(25)14-7-10-24(11-8-14)30(27,28)18-12-16(21)5-6-17(18)22/h5-6,12,14-15H,2-4,7-11,13H2,1H3. The zero-order valence-electron chi connectivity index (χ0n) is 16.9. The smallest absolute Gasteiger partial charge is 0.310 e. The minimum Gasteiger partial charge on any atom is -0.466 e. The van der Waals surface area contributed by atoms with Crippen molar-refractivity contribution in [2.45, 2.75) is 37.5 Å². The van der Waals surface area contributed by atoms with E-state index in [4.69, 9.17) is 27.9 Å². The van der Waals surface area contributed by atoms with Crippen LogP contribution < -0.4 is 0 Å². The Kier molecular flexibility index (Phi) is 7.66. The summed E-state index contributed by atoms with van der Waals surface area (Å²) in [4.78, 5) is 26.7. The second-order valence-electron chi connectivity index (χ2n) is 7.63. The monoisotopic (exact) mass is 476 g/mol. The minimum absolute atomic E-state index is 0.0122. The molecule has 2 fully saturated rings. The van der Waals surface area contributed by atoms with Crippen LogP contribution in [0.15, 0.2) is 23.1 Å². The van der Waals surface area contributed by atoms with E-state index in [0.29, 0.717) is 37.6 Å². The van der Waals surface area contributed by atoms with E-state index in [1.165, 1.54) is 22.5 Å². The van der Waals surface area contributed by atoms with Crippen LogP contribution in [-0.2, 0) is 24.3 Å². The lowest BCUT2D eigenvalue weighted by atomic mass is 9.93. The lowest BCUT2D eigenvalue weighted by Crippen LogP contribution is -2.48. The average molecular weight is 477 g/mol. The molecule has 1 aromatic carbocycles. The first-order valence-electron chi connectivity index (χ1n) is 10.1. The summed E-state index contributed by atoms with van der Waals surface area (Å²) in [5.41, 5.74) is 0. The summed E-state index contributed by atoms with van der Waals surface area (Å²) >= 11 is 12.0. The molecule has 2 saturated heterocycles. The Morgan fingerprint density at radius 3 is 2.47 bits per heavy atom. The number of likely N-dealkylation sites (tertiary alicyclic amines) is 1. The number of nitrogens with zero attached hydrogens (tertiary/aromatic N) is 2. The van der Waals surface area contributed by atoms with Crippen LogP contribution in [0.4, 0.5) is 0 Å². The maximum Gasteiger partial charge on any atom is 0.310 e. The zero-order valence-corrected chi connectivity index (χ0v) is 19.2. The average Bonchev–Trinajstić information content (AvgIpc) is 2.75. The van der Waals surface area contributed by atoms with Gasteiger partial charge in [0, 0.05) is 37.1 Å². The van der Waals surface area contributed by atoms with Gasteiger partial charge in [-0.15, -0.1) is 0 Å². The molecule has 0 N–H and O–H groups in total. The fourth-order valence-electron chi connectivity index (χ4n) is 4.05. The van der Waals surface area contributed by atoms with Crippen LogP contribution in [0.2, 0.25) is 10.0 Å². The van der Waals surface area contributed by atoms with Crippen molar-refractivity contribution in [3.63, 3.8) is 0 Å². The van der Waals surface area contributed by atoms with Crippen molar-refractivity contribution in [3.8, 4) is 0 Å². The maximum absolute atomic E-state index is 13.0. The molecule has 1 unspecified atom stereocenters. The highest BCUT2D eigenvalue weighted by Crippen LogP contribution is 2.31. The van der Waals surface area contributed by atoms with Gasteiger partial charge in [0.2, 0.25) is 15.9 Å². The van der Waals surface area contributed by atoms with Gasteiger partial charge in [-0.2, -0.15) is 4.31 Å². The highest BCUT2D eigenvalue weighted by Gasteiger charge is 2.37. The van der Waals surface area contributed by atoms with Crippen molar-refractivity contribution in [2.75, 3.05) is 32.8 Å². The Morgan fingerprint density at radius 1 is 1.10 bits per heavy atom. The van der Waals surface area contributed by atoms with Crippen molar-refractivity contribution in [3.05, 3.63) is 28.2 Å². The van der Waals surface area contributed by atoms with Gasteiger partial charge in [0.25, 0.3) is 0 Å². The number of carbonyl (C=O) groups is 2. The molecule has 2 aliphatic rings. The fourth-order valence-corrected chi connectivity index (χ4v) is 6.25. The van der Waals surface area contributed by atoms with Crippen LogP contribution in [0.1, 0.15) is 32.6 Å². The number of halogens is 2. The van der Waals surface area contributed by atoms with E-state index in [9.17, 15) is 18.0 Å². The van der Waals surface area contributed by atoms with Crippen molar-refractivity contribution in [2.24, 2.45) is 11.8 Å². The van der Waals surface area contributed by atoms with Crippen molar-refractivity contribution < 1.29 is 22.7 Å². The predicted molar refractivity (Wildman–Crippen MR) is 114 cm³/mol. The predicted octanol–water partition coefficient (Wildman–Crippen LogP) is 3.20. The lowest BCUT2D eigenvalue weighted by Gasteiger charge is -2.37. The topological polar surface area (TPSA) is 84.0 Å². The van der Waals surface area contributed by atoms with Gasteiger partial charge in [-0.1, -0.05) is 23.2 Å². The van der Waals surface area contributed by atoms with E-state index in [-0.39, 0.29) is 46.7 Å². The summed E-state index contributed by atoms with van der Waals surface area (Å²) in [6.07, 6.45) is 2.34. The van der Waals surface area contributed by atoms with Crippen LogP contribution in [0.5, 0.6) is 0 Å². The largest absolute Gasteiger partial charge is 0.466 e. The van der Waals surface area contributed by atoms with Gasteiger partial charge < -0.3 is 9.64 Å². The molecule has 2 heterocycles. The van der Waals surface area contributed by atoms with E-state index in [2.05, 4.69) is 0 Å². The van der Waals surface area contributed by atoms with Gasteiger partial charge in [-0.05, 0) is 50.8 Å². The quantitative estimate of drug-likeness (QED) is 0.609. The number of esters is 1. The van der Waals surface area contributed by atoms with Gasteiger partial charge in [0.05, 0.1) is 17.5 Å². The molecule has 1 atom stereocenters. The second-order valence-corrected chi connectivity index (χ2v) is 10.4. The number of benzene rings is 1. The van der Waals surface area contributed by atoms with Gasteiger partial charge in [-0.3, -0.25) is 9.59 Å². The number of hydrogen-bond acceptors (Lipinski definition) is 5. The van der Waals surface area contributed by atoms with Crippen LogP contribution >= 0.6 is 23.2 Å². The first-order valence-corrected chi connectivity index (χ1v) is 12.3. The summed E-state index contributed by atoms with van der Waals surface area (Å²) in [6, 6.07) is 4.35. The summed E-state index contributed by atoms with van der Waals surface area (Å²) in [5, 5.41) is 0.417. The number of carbonyl (C=O) groups excluding carboxylic acids is 2. The first-order chi connectivity index (χ1) is 14.2. The van der Waals surface area contributed by atoms with Crippen LogP contribution in [0.25, 0.3) is 0 Å². The SMILES string of the molecule is CCOC(=O)C1CCCN(C(=O)C2CCN(S(=O)(=O)c3cc(Cl)ccc3Cl)CC2)C1. The number of ether oxygens (including phenoxy) is 1. The van der Waals surface area contributed by atoms with Crippen molar-refractivity contribution in [1.29, 1.82) is 0 Å². The van der Waals surface area contributed by atoms with Gasteiger partial charge in [-0.25, -0.2) is 8.42 Å². The molecule has 0 saturated carbocycles. The highest BCUT2D eigenvalue weighted by atomic mass is 35.5. The molecular weight excluding hydrogens is 451 g/mol. The van der Waals surface area contributed by atoms with E-state index < -0.39 is 10.0 Å². The Balaban J connectivity index is 1.61. The number of hydrogen-bond donors (Lipinski definition) is 0. The molecular formula is C20H26Cl2N2O5S. The highest BCUT2D eigenvalue weighted by molar-refractivity contribution is 7.89. The molecule has 30 heavy (non-hydrogen) atoms. The number of rotatable bonds is 5. The van der Waals surface area contributed by atoms with E-state index in [1.807, 2.05) is 0 Å². The van der Waals surface area contributed by atoms with Crippen LogP contribution in [0.3, 0.4) is 0 Å². The molecule has 0 spiro atoms. The van der Waals surface area contributed by atoms with E-state index in [0.717, 1.165) is 12.8 Å². The molecule has 0 aliphatic carbocycles. The second kappa shape index (κ2) is 9.85. The molecule has 0 radical (unpaired) electrons. The van der Waals surface area contributed by atoms with Gasteiger partial charge in [0.1, 0.15) is 4.90 Å². The molecule has 0 aromatic heterocycles. The molecule has 7 nitrogen and oxygen atoms in total. The Labute approximate surface area is 187 Å². The minimum atomic E-state index is -3.78. The normalized spacial score (nSPS) is 21.4. The third-order valence-electron chi connectivity index (χ3n) is 5.67. The Morgan fingerprint density at radius 2 is 1.80 bits per heavy atom. The molecule has 3 rings (SSSR count). The zero-order chi connectivity index (χ0) is 21.9. The molecule has 2 aliphatic heterocycles. The van der Waals surface area contributed by atoms with Gasteiger partial charge in [0.15, 0.2) is 0 Å². The Hall–Kier alpha value is -1.35. The van der Waals surface area contributed by atoms with Crippen molar-refractivity contribution in [1.82, 2.24) is 9.21 Å². The molecule has 10 heteroatoms. The summed E-state index contributed by atoms with van der Waals surface area (Å²) < 4.78 is 32.4. The lowest BCUT2D eigenvalue weighted by molar-refractivity contribution is -0.152. The van der Waals surface area contributed by atoms with Crippen LogP contribution in [-0.4, -0.2) is 62.3 Å². The van der Waals surface area contributed by atoms with E-state index in [1.54, 1.807) is 11.8 Å². The number of piperidine rings is 2. The molecule has 1 aromatic rings.